The molecule has 1 aromatic carbocycles. The summed E-state index contributed by atoms with van der Waals surface area (Å²) in [5.74, 6) is -0.167. The van der Waals surface area contributed by atoms with E-state index in [0.717, 1.165) is 36.9 Å². The van der Waals surface area contributed by atoms with Crippen LogP contribution in [0.2, 0.25) is 0 Å². The van der Waals surface area contributed by atoms with Crippen molar-refractivity contribution in [2.24, 2.45) is 0 Å². The van der Waals surface area contributed by atoms with Gasteiger partial charge in [0.05, 0.1) is 5.60 Å². The Bertz CT molecular complexity index is 417. The maximum atomic E-state index is 13.5. The summed E-state index contributed by atoms with van der Waals surface area (Å²) >= 11 is 0. The number of halogens is 1. The molecule has 1 unspecified atom stereocenters. The van der Waals surface area contributed by atoms with Gasteiger partial charge >= 0.3 is 0 Å². The Kier molecular flexibility index (Phi) is 6.63. The van der Waals surface area contributed by atoms with Crippen molar-refractivity contribution in [1.82, 2.24) is 5.32 Å². The van der Waals surface area contributed by atoms with Gasteiger partial charge in [-0.25, -0.2) is 4.39 Å². The Hall–Kier alpha value is -0.930. The lowest BCUT2D eigenvalue weighted by atomic mass is 9.92. The van der Waals surface area contributed by atoms with E-state index in [-0.39, 0.29) is 17.5 Å². The van der Waals surface area contributed by atoms with E-state index in [9.17, 15) is 4.39 Å². The molecule has 1 N–H and O–H groups in total. The van der Waals surface area contributed by atoms with Gasteiger partial charge in [0.15, 0.2) is 0 Å². The fraction of sp³-hybridized carbons (Fsp3) is 0.647. The van der Waals surface area contributed by atoms with Crippen LogP contribution in [0.3, 0.4) is 0 Å². The third kappa shape index (κ3) is 5.22. The summed E-state index contributed by atoms with van der Waals surface area (Å²) in [6.07, 6.45) is 2.94. The molecule has 3 heteroatoms. The third-order valence-electron chi connectivity index (χ3n) is 3.85. The second kappa shape index (κ2) is 7.75. The van der Waals surface area contributed by atoms with E-state index < -0.39 is 0 Å². The number of nitrogens with one attached hydrogen (secondary N) is 1. The molecule has 0 spiro atoms. The maximum absolute atomic E-state index is 13.5. The molecule has 1 atom stereocenters. The van der Waals surface area contributed by atoms with Crippen LogP contribution >= 0.6 is 0 Å². The van der Waals surface area contributed by atoms with Gasteiger partial charge in [-0.2, -0.15) is 0 Å². The summed E-state index contributed by atoms with van der Waals surface area (Å²) in [5.41, 5.74) is 2.05. The Labute approximate surface area is 122 Å². The van der Waals surface area contributed by atoms with E-state index in [1.54, 1.807) is 13.2 Å². The molecule has 20 heavy (non-hydrogen) atoms. The van der Waals surface area contributed by atoms with E-state index in [1.165, 1.54) is 6.07 Å². The summed E-state index contributed by atoms with van der Waals surface area (Å²) in [6, 6.07) is 5.21. The molecule has 0 saturated carbocycles. The van der Waals surface area contributed by atoms with Crippen LogP contribution < -0.4 is 5.32 Å². The van der Waals surface area contributed by atoms with Crippen LogP contribution in [0.4, 0.5) is 4.39 Å². The van der Waals surface area contributed by atoms with Gasteiger partial charge in [-0.1, -0.05) is 13.0 Å². The molecule has 1 rings (SSSR count). The average molecular weight is 281 g/mol. The van der Waals surface area contributed by atoms with Crippen molar-refractivity contribution in [1.29, 1.82) is 0 Å². The fourth-order valence-electron chi connectivity index (χ4n) is 2.27. The van der Waals surface area contributed by atoms with Crippen molar-refractivity contribution in [3.8, 4) is 0 Å². The predicted octanol–water partition coefficient (Wildman–Crippen LogP) is 4.38. The number of hydrogen-bond donors (Lipinski definition) is 1. The highest BCUT2D eigenvalue weighted by atomic mass is 19.1. The molecule has 2 nitrogen and oxygen atoms in total. The molecule has 0 aliphatic carbocycles. The number of hydrogen-bond acceptors (Lipinski definition) is 2. The maximum Gasteiger partial charge on any atom is 0.123 e. The molecule has 0 aliphatic heterocycles. The van der Waals surface area contributed by atoms with Gasteiger partial charge in [0.1, 0.15) is 5.82 Å². The number of aryl methyl sites for hydroxylation is 1. The van der Waals surface area contributed by atoms with Crippen LogP contribution in [0.5, 0.6) is 0 Å². The molecular weight excluding hydrogens is 253 g/mol. The normalized spacial score (nSPS) is 13.5. The van der Waals surface area contributed by atoms with Crippen LogP contribution in [0.25, 0.3) is 0 Å². The summed E-state index contributed by atoms with van der Waals surface area (Å²) in [6.45, 7) is 9.29. The minimum atomic E-state index is -0.167. The predicted molar refractivity (Wildman–Crippen MR) is 82.5 cm³/mol. The summed E-state index contributed by atoms with van der Waals surface area (Å²) in [4.78, 5) is 0. The van der Waals surface area contributed by atoms with Gasteiger partial charge in [-0.3, -0.25) is 0 Å². The van der Waals surface area contributed by atoms with Gasteiger partial charge in [0.2, 0.25) is 0 Å². The van der Waals surface area contributed by atoms with Crippen LogP contribution in [0.15, 0.2) is 18.2 Å². The van der Waals surface area contributed by atoms with Gasteiger partial charge in [-0.15, -0.1) is 0 Å². The molecule has 0 aliphatic rings. The topological polar surface area (TPSA) is 21.3 Å². The van der Waals surface area contributed by atoms with Crippen molar-refractivity contribution in [3.05, 3.63) is 35.1 Å². The van der Waals surface area contributed by atoms with Gasteiger partial charge in [0.25, 0.3) is 0 Å². The average Bonchev–Trinajstić information content (AvgIpc) is 2.42. The van der Waals surface area contributed by atoms with Gasteiger partial charge in [0, 0.05) is 13.2 Å². The molecule has 0 amide bonds. The monoisotopic (exact) mass is 281 g/mol. The molecule has 0 heterocycles. The highest BCUT2D eigenvalue weighted by Gasteiger charge is 2.21. The highest BCUT2D eigenvalue weighted by Crippen LogP contribution is 2.27. The van der Waals surface area contributed by atoms with Crippen molar-refractivity contribution < 1.29 is 9.13 Å². The summed E-state index contributed by atoms with van der Waals surface area (Å²) in [5, 5.41) is 3.53. The molecule has 0 radical (unpaired) electrons. The van der Waals surface area contributed by atoms with E-state index >= 15 is 0 Å². The van der Waals surface area contributed by atoms with Crippen LogP contribution in [-0.4, -0.2) is 19.3 Å². The number of methoxy groups -OCH3 is 1. The summed E-state index contributed by atoms with van der Waals surface area (Å²) in [7, 11) is 1.74. The van der Waals surface area contributed by atoms with E-state index in [0.29, 0.717) is 0 Å². The first-order chi connectivity index (χ1) is 9.39. The zero-order valence-corrected chi connectivity index (χ0v) is 13.4. The lowest BCUT2D eigenvalue weighted by Crippen LogP contribution is -2.28. The molecule has 1 aromatic rings. The van der Waals surface area contributed by atoms with Gasteiger partial charge in [-0.05, 0) is 69.8 Å². The number of benzene rings is 1. The lowest BCUT2D eigenvalue weighted by molar-refractivity contribution is 0.0116. The van der Waals surface area contributed by atoms with E-state index in [1.807, 2.05) is 13.0 Å². The molecular formula is C17H28FNO. The lowest BCUT2D eigenvalue weighted by Gasteiger charge is -2.27. The first-order valence-electron chi connectivity index (χ1n) is 7.44. The second-order valence-electron chi connectivity index (χ2n) is 6.01. The van der Waals surface area contributed by atoms with Crippen molar-refractivity contribution in [3.63, 3.8) is 0 Å². The minimum absolute atomic E-state index is 0.145. The zero-order valence-electron chi connectivity index (χ0n) is 13.4. The van der Waals surface area contributed by atoms with Gasteiger partial charge < -0.3 is 10.1 Å². The van der Waals surface area contributed by atoms with Crippen molar-refractivity contribution in [2.45, 2.75) is 58.6 Å². The molecule has 0 fully saturated rings. The van der Waals surface area contributed by atoms with E-state index in [2.05, 4.69) is 26.1 Å². The quantitative estimate of drug-likeness (QED) is 0.763. The summed E-state index contributed by atoms with van der Waals surface area (Å²) < 4.78 is 19.0. The first kappa shape index (κ1) is 17.1. The fourth-order valence-corrected chi connectivity index (χ4v) is 2.27. The Morgan fingerprint density at radius 1 is 1.35 bits per heavy atom. The van der Waals surface area contributed by atoms with Crippen LogP contribution in [-0.2, 0) is 4.74 Å². The molecule has 0 aromatic heterocycles. The smallest absolute Gasteiger partial charge is 0.123 e. The number of ether oxygens (including phenoxy) is 1. The second-order valence-corrected chi connectivity index (χ2v) is 6.01. The Balaban J connectivity index is 2.85. The highest BCUT2D eigenvalue weighted by molar-refractivity contribution is 5.29. The van der Waals surface area contributed by atoms with E-state index in [4.69, 9.17) is 4.74 Å². The standard InChI is InChI=1S/C17H28FNO/c1-6-11-19-16(9-10-17(3,4)20-5)15-12-14(18)8-7-13(15)2/h7-8,12,16,19H,6,9-11H2,1-5H3. The molecule has 0 saturated heterocycles. The molecule has 114 valence electrons. The third-order valence-corrected chi connectivity index (χ3v) is 3.85. The Morgan fingerprint density at radius 2 is 2.05 bits per heavy atom. The zero-order chi connectivity index (χ0) is 15.2. The SMILES string of the molecule is CCCNC(CCC(C)(C)OC)c1cc(F)ccc1C. The minimum Gasteiger partial charge on any atom is -0.379 e. The Morgan fingerprint density at radius 3 is 2.65 bits per heavy atom. The first-order valence-corrected chi connectivity index (χ1v) is 7.44. The molecule has 0 bridgehead atoms. The van der Waals surface area contributed by atoms with Crippen molar-refractivity contribution in [2.75, 3.05) is 13.7 Å². The van der Waals surface area contributed by atoms with Crippen LogP contribution in [0, 0.1) is 12.7 Å². The van der Waals surface area contributed by atoms with Crippen LogP contribution in [0.1, 0.15) is 57.2 Å². The van der Waals surface area contributed by atoms with Crippen molar-refractivity contribution >= 4 is 0 Å². The largest absolute Gasteiger partial charge is 0.379 e. The number of rotatable bonds is 8.